The van der Waals surface area contributed by atoms with Gasteiger partial charge in [0, 0.05) is 24.8 Å². The third kappa shape index (κ3) is 4.49. The number of urea groups is 1. The maximum atomic E-state index is 12.0. The molecule has 0 aliphatic carbocycles. The number of amides is 3. The van der Waals surface area contributed by atoms with Crippen molar-refractivity contribution >= 4 is 11.9 Å². The topological polar surface area (TPSA) is 79.3 Å². The molecule has 0 spiro atoms. The molecule has 1 saturated heterocycles. The molecule has 1 aliphatic heterocycles. The minimum Gasteiger partial charge on any atom is -0.341 e. The Hall–Kier alpha value is -2.05. The van der Waals surface area contributed by atoms with Gasteiger partial charge < -0.3 is 15.5 Å². The second-order valence-electron chi connectivity index (χ2n) is 7.42. The van der Waals surface area contributed by atoms with Gasteiger partial charge in [-0.3, -0.25) is 9.48 Å². The number of nitrogens with one attached hydrogen (secondary N) is 2. The van der Waals surface area contributed by atoms with Crippen LogP contribution in [0.1, 0.15) is 57.8 Å². The number of rotatable bonds is 4. The minimum absolute atomic E-state index is 0.0213. The molecule has 2 heterocycles. The van der Waals surface area contributed by atoms with Crippen molar-refractivity contribution in [3.63, 3.8) is 0 Å². The number of hydrogen-bond acceptors (Lipinski definition) is 3. The van der Waals surface area contributed by atoms with Gasteiger partial charge in [-0.15, -0.1) is 0 Å². The van der Waals surface area contributed by atoms with Crippen molar-refractivity contribution in [2.45, 2.75) is 59.0 Å². The molecule has 1 atom stereocenters. The fourth-order valence-corrected chi connectivity index (χ4v) is 2.80. The van der Waals surface area contributed by atoms with E-state index in [1.165, 1.54) is 0 Å². The van der Waals surface area contributed by atoms with E-state index < -0.39 is 0 Å². The first-order chi connectivity index (χ1) is 11.2. The molecule has 1 fully saturated rings. The summed E-state index contributed by atoms with van der Waals surface area (Å²) in [5, 5.41) is 10.0. The summed E-state index contributed by atoms with van der Waals surface area (Å²) < 4.78 is 1.91. The first kappa shape index (κ1) is 18.3. The van der Waals surface area contributed by atoms with Crippen LogP contribution in [-0.4, -0.2) is 46.3 Å². The summed E-state index contributed by atoms with van der Waals surface area (Å²) in [7, 11) is 0. The second kappa shape index (κ2) is 7.23. The first-order valence-corrected chi connectivity index (χ1v) is 8.57. The molecule has 134 valence electrons. The van der Waals surface area contributed by atoms with Gasteiger partial charge in [-0.1, -0.05) is 0 Å². The molecule has 0 saturated carbocycles. The monoisotopic (exact) mass is 335 g/mol. The Kier molecular flexibility index (Phi) is 5.51. The highest BCUT2D eigenvalue weighted by Gasteiger charge is 2.21. The Morgan fingerprint density at radius 2 is 1.92 bits per heavy atom. The van der Waals surface area contributed by atoms with Gasteiger partial charge >= 0.3 is 6.03 Å². The first-order valence-electron chi connectivity index (χ1n) is 8.57. The van der Waals surface area contributed by atoms with Crippen molar-refractivity contribution < 1.29 is 9.59 Å². The maximum absolute atomic E-state index is 12.0. The molecule has 7 nitrogen and oxygen atoms in total. The Balaban J connectivity index is 1.87. The molecular weight excluding hydrogens is 306 g/mol. The lowest BCUT2D eigenvalue weighted by Crippen LogP contribution is -2.43. The molecule has 2 rings (SSSR count). The molecule has 2 N–H and O–H groups in total. The number of carbonyl (C=O) groups is 2. The van der Waals surface area contributed by atoms with Crippen LogP contribution in [-0.2, 0) is 10.3 Å². The van der Waals surface area contributed by atoms with Gasteiger partial charge in [0.2, 0.25) is 5.91 Å². The second-order valence-corrected chi connectivity index (χ2v) is 7.42. The molecule has 1 aliphatic rings. The van der Waals surface area contributed by atoms with Crippen molar-refractivity contribution in [3.05, 3.63) is 17.5 Å². The fourth-order valence-electron chi connectivity index (χ4n) is 2.80. The Bertz CT molecular complexity index is 597. The number of aryl methyl sites for hydroxylation is 1. The number of hydrogen-bond donors (Lipinski definition) is 2. The zero-order valence-corrected chi connectivity index (χ0v) is 15.3. The maximum Gasteiger partial charge on any atom is 0.315 e. The van der Waals surface area contributed by atoms with E-state index in [0.29, 0.717) is 0 Å². The van der Waals surface area contributed by atoms with Crippen LogP contribution in [0.5, 0.6) is 0 Å². The quantitative estimate of drug-likeness (QED) is 0.882. The Labute approximate surface area is 143 Å². The van der Waals surface area contributed by atoms with Crippen LogP contribution in [0.25, 0.3) is 0 Å². The summed E-state index contributed by atoms with van der Waals surface area (Å²) in [6.45, 7) is 11.7. The molecule has 1 unspecified atom stereocenters. The van der Waals surface area contributed by atoms with Crippen molar-refractivity contribution in [3.8, 4) is 0 Å². The van der Waals surface area contributed by atoms with Crippen LogP contribution in [0.2, 0.25) is 0 Å². The molecule has 0 radical (unpaired) electrons. The van der Waals surface area contributed by atoms with Crippen LogP contribution >= 0.6 is 0 Å². The standard InChI is InChI=1S/C17H29N5O2/c1-12(14-11-22(17(3,4)5)20-13(14)2)19-16(24)18-10-15(23)21-8-6-7-9-21/h11-12H,6-10H2,1-5H3,(H2,18,19,24). The molecule has 24 heavy (non-hydrogen) atoms. The van der Waals surface area contributed by atoms with E-state index in [1.807, 2.05) is 24.7 Å². The van der Waals surface area contributed by atoms with Crippen molar-refractivity contribution in [1.82, 2.24) is 25.3 Å². The van der Waals surface area contributed by atoms with Gasteiger partial charge in [-0.25, -0.2) is 4.79 Å². The number of carbonyl (C=O) groups excluding carboxylic acids is 2. The van der Waals surface area contributed by atoms with E-state index in [0.717, 1.165) is 37.2 Å². The molecule has 3 amide bonds. The van der Waals surface area contributed by atoms with Gasteiger partial charge in [0.25, 0.3) is 0 Å². The fraction of sp³-hybridized carbons (Fsp3) is 0.706. The van der Waals surface area contributed by atoms with Gasteiger partial charge in [0.1, 0.15) is 0 Å². The highest BCUT2D eigenvalue weighted by atomic mass is 16.2. The summed E-state index contributed by atoms with van der Waals surface area (Å²) in [6.07, 6.45) is 4.06. The lowest BCUT2D eigenvalue weighted by Gasteiger charge is -2.19. The smallest absolute Gasteiger partial charge is 0.315 e. The summed E-state index contributed by atoms with van der Waals surface area (Å²) in [5.74, 6) is -0.0213. The Morgan fingerprint density at radius 3 is 2.46 bits per heavy atom. The predicted octanol–water partition coefficient (Wildman–Crippen LogP) is 1.93. The van der Waals surface area contributed by atoms with Crippen LogP contribution in [0.3, 0.4) is 0 Å². The number of aromatic nitrogens is 2. The lowest BCUT2D eigenvalue weighted by atomic mass is 10.1. The largest absolute Gasteiger partial charge is 0.341 e. The molecule has 0 aromatic carbocycles. The summed E-state index contributed by atoms with van der Waals surface area (Å²) >= 11 is 0. The van der Waals surface area contributed by atoms with E-state index in [4.69, 9.17) is 0 Å². The molecular formula is C17H29N5O2. The average Bonchev–Trinajstić information content (AvgIpc) is 3.13. The van der Waals surface area contributed by atoms with Crippen LogP contribution in [0.4, 0.5) is 4.79 Å². The highest BCUT2D eigenvalue weighted by molar-refractivity contribution is 5.84. The predicted molar refractivity (Wildman–Crippen MR) is 92.7 cm³/mol. The van der Waals surface area contributed by atoms with E-state index in [2.05, 4.69) is 36.5 Å². The van der Waals surface area contributed by atoms with Crippen LogP contribution in [0, 0.1) is 6.92 Å². The summed E-state index contributed by atoms with van der Waals surface area (Å²) in [4.78, 5) is 25.8. The molecule has 7 heteroatoms. The van der Waals surface area contributed by atoms with E-state index in [9.17, 15) is 9.59 Å². The van der Waals surface area contributed by atoms with Gasteiger partial charge in [0.05, 0.1) is 23.8 Å². The van der Waals surface area contributed by atoms with Crippen LogP contribution in [0.15, 0.2) is 6.20 Å². The highest BCUT2D eigenvalue weighted by Crippen LogP contribution is 2.21. The van der Waals surface area contributed by atoms with E-state index in [-0.39, 0.29) is 30.1 Å². The van der Waals surface area contributed by atoms with Gasteiger partial charge in [0.15, 0.2) is 0 Å². The SMILES string of the molecule is Cc1nn(C(C)(C)C)cc1C(C)NC(=O)NCC(=O)N1CCCC1. The molecule has 1 aromatic rings. The van der Waals surface area contributed by atoms with Crippen molar-refractivity contribution in [1.29, 1.82) is 0 Å². The lowest BCUT2D eigenvalue weighted by molar-refractivity contribution is -0.129. The Morgan fingerprint density at radius 1 is 1.29 bits per heavy atom. The van der Waals surface area contributed by atoms with E-state index in [1.54, 1.807) is 4.90 Å². The molecule has 0 bridgehead atoms. The third-order valence-corrected chi connectivity index (χ3v) is 4.30. The average molecular weight is 335 g/mol. The third-order valence-electron chi connectivity index (χ3n) is 4.30. The zero-order valence-electron chi connectivity index (χ0n) is 15.3. The summed E-state index contributed by atoms with van der Waals surface area (Å²) in [6, 6.07) is -0.513. The number of nitrogens with zero attached hydrogens (tertiary/aromatic N) is 3. The normalized spacial score (nSPS) is 16.1. The summed E-state index contributed by atoms with van der Waals surface area (Å²) in [5.41, 5.74) is 1.77. The van der Waals surface area contributed by atoms with Crippen LogP contribution < -0.4 is 10.6 Å². The van der Waals surface area contributed by atoms with Crippen molar-refractivity contribution in [2.75, 3.05) is 19.6 Å². The van der Waals surface area contributed by atoms with Gasteiger partial charge in [-0.05, 0) is 47.5 Å². The number of likely N-dealkylation sites (tertiary alicyclic amines) is 1. The zero-order chi connectivity index (χ0) is 17.9. The van der Waals surface area contributed by atoms with Gasteiger partial charge in [-0.2, -0.15) is 5.10 Å². The van der Waals surface area contributed by atoms with Crippen molar-refractivity contribution in [2.24, 2.45) is 0 Å². The minimum atomic E-state index is -0.335. The van der Waals surface area contributed by atoms with E-state index >= 15 is 0 Å². The molecule has 1 aromatic heterocycles.